The van der Waals surface area contributed by atoms with Crippen LogP contribution in [0.25, 0.3) is 0 Å². The lowest BCUT2D eigenvalue weighted by Crippen LogP contribution is -2.46. The summed E-state index contributed by atoms with van der Waals surface area (Å²) in [7, 11) is 1.29. The van der Waals surface area contributed by atoms with E-state index in [4.69, 9.17) is 28.5 Å². The average molecular weight is 1230 g/mol. The number of methoxy groups -OCH3 is 2. The Morgan fingerprint density at radius 1 is 0.452 bits per heavy atom. The second-order valence-electron chi connectivity index (χ2n) is 19.7. The Hall–Kier alpha value is -5.94. The molecule has 0 bridgehead atoms. The van der Waals surface area contributed by atoms with Gasteiger partial charge < -0.3 is 42.9 Å². The highest BCUT2D eigenvalue weighted by Crippen LogP contribution is 2.46. The highest BCUT2D eigenvalue weighted by molar-refractivity contribution is 7.44. The Bertz CT molecular complexity index is 2450. The molecule has 0 heterocycles. The maximum atomic E-state index is 13.9. The standard InChI is InChI=1S/C56H73F12N6O9P/c1-41(2)74(42(3)4)84(83-40-16-29-69)82-39-15-13-33-73(51(78)56(66,67)68)37-18-35-71(49(76)54(60,61)62)31-11-10-30-70(48(75)53(57,58)59)34-17-36-72(50(77)55(63,64)65)32-12-14-38-81-52(43-19-8-7-9-20-43,44-21-25-46(79-5)26-22-44)45-23-27-47(80-6)28-24-45/h7-9,19-28,41-42H,10-18,30-40H2,1-6H3. The third kappa shape index (κ3) is 22.8. The van der Waals surface area contributed by atoms with Gasteiger partial charge in [0.25, 0.3) is 8.53 Å². The summed E-state index contributed by atoms with van der Waals surface area (Å²) in [6, 6.07) is 24.9. The van der Waals surface area contributed by atoms with Crippen LogP contribution in [-0.2, 0) is 38.6 Å². The number of carbonyl (C=O) groups excluding carboxylic acids is 4. The number of carbonyl (C=O) groups is 4. The van der Waals surface area contributed by atoms with Crippen LogP contribution in [0.5, 0.6) is 11.5 Å². The van der Waals surface area contributed by atoms with E-state index in [1.165, 1.54) is 14.2 Å². The molecule has 0 saturated carbocycles. The predicted molar refractivity (Wildman–Crippen MR) is 287 cm³/mol. The zero-order chi connectivity index (χ0) is 62.9. The van der Waals surface area contributed by atoms with Crippen LogP contribution in [0.1, 0.15) is 102 Å². The quantitative estimate of drug-likeness (QED) is 0.0236. The number of benzene rings is 3. The van der Waals surface area contributed by atoms with Gasteiger partial charge in [0.15, 0.2) is 0 Å². The molecule has 0 aliphatic rings. The molecular weight excluding hydrogens is 1160 g/mol. The molecule has 0 fully saturated rings. The number of ether oxygens (including phenoxy) is 3. The van der Waals surface area contributed by atoms with Gasteiger partial charge in [-0.05, 0) is 120 Å². The first-order chi connectivity index (χ1) is 39.4. The van der Waals surface area contributed by atoms with Crippen molar-refractivity contribution in [2.24, 2.45) is 0 Å². The summed E-state index contributed by atoms with van der Waals surface area (Å²) in [6.07, 6.45) is -23.9. The fraction of sp³-hybridized carbons (Fsp3) is 0.589. The highest BCUT2D eigenvalue weighted by atomic mass is 31.2. The van der Waals surface area contributed by atoms with Crippen molar-refractivity contribution >= 4 is 32.2 Å². The molecule has 0 saturated heterocycles. The van der Waals surface area contributed by atoms with Crippen LogP contribution in [0.15, 0.2) is 78.9 Å². The van der Waals surface area contributed by atoms with E-state index in [2.05, 4.69) is 0 Å². The molecule has 1 unspecified atom stereocenters. The summed E-state index contributed by atoms with van der Waals surface area (Å²) in [4.78, 5) is 51.3. The fourth-order valence-electron chi connectivity index (χ4n) is 9.05. The molecule has 0 spiro atoms. The number of halogens is 12. The summed E-state index contributed by atoms with van der Waals surface area (Å²) in [6.45, 7) is 1.51. The topological polar surface area (TPSA) is 154 Å². The molecule has 1 atom stereocenters. The molecular formula is C56H73F12N6O9P. The van der Waals surface area contributed by atoms with Gasteiger partial charge in [0.2, 0.25) is 0 Å². The molecule has 28 heteroatoms. The number of unbranched alkanes of at least 4 members (excludes halogenated alkanes) is 3. The molecule has 0 aliphatic heterocycles. The molecule has 3 aromatic carbocycles. The number of hydrogen-bond acceptors (Lipinski definition) is 11. The van der Waals surface area contributed by atoms with Crippen molar-refractivity contribution in [3.8, 4) is 17.6 Å². The summed E-state index contributed by atoms with van der Waals surface area (Å²) >= 11 is 0. The van der Waals surface area contributed by atoms with Gasteiger partial charge >= 0.3 is 48.3 Å². The van der Waals surface area contributed by atoms with Crippen LogP contribution in [0.3, 0.4) is 0 Å². The van der Waals surface area contributed by atoms with Crippen LogP contribution in [-0.4, -0.2) is 171 Å². The molecule has 84 heavy (non-hydrogen) atoms. The number of nitriles is 1. The van der Waals surface area contributed by atoms with E-state index in [0.717, 1.165) is 0 Å². The molecule has 0 aliphatic carbocycles. The van der Waals surface area contributed by atoms with Crippen LogP contribution in [0.4, 0.5) is 52.7 Å². The first-order valence-electron chi connectivity index (χ1n) is 27.1. The Morgan fingerprint density at radius 2 is 0.762 bits per heavy atom. The van der Waals surface area contributed by atoms with Crippen LogP contribution < -0.4 is 9.47 Å². The molecule has 3 aromatic rings. The van der Waals surface area contributed by atoms with Crippen LogP contribution in [0.2, 0.25) is 0 Å². The van der Waals surface area contributed by atoms with Gasteiger partial charge in [-0.1, -0.05) is 54.6 Å². The minimum absolute atomic E-state index is 0.0352. The van der Waals surface area contributed by atoms with Gasteiger partial charge in [-0.25, -0.2) is 4.67 Å². The average Bonchev–Trinajstić information content (AvgIpc) is 3.08. The molecule has 4 amide bonds. The third-order valence-electron chi connectivity index (χ3n) is 12.9. The monoisotopic (exact) mass is 1230 g/mol. The van der Waals surface area contributed by atoms with Gasteiger partial charge in [0.1, 0.15) is 17.1 Å². The number of rotatable bonds is 36. The van der Waals surface area contributed by atoms with Crippen molar-refractivity contribution in [2.75, 3.05) is 86.4 Å². The molecule has 0 N–H and O–H groups in total. The van der Waals surface area contributed by atoms with Crippen molar-refractivity contribution in [3.63, 3.8) is 0 Å². The zero-order valence-electron chi connectivity index (χ0n) is 47.6. The molecule has 15 nitrogen and oxygen atoms in total. The summed E-state index contributed by atoms with van der Waals surface area (Å²) in [5.41, 5.74) is 0.690. The minimum Gasteiger partial charge on any atom is -0.497 e. The van der Waals surface area contributed by atoms with E-state index in [9.17, 15) is 71.9 Å². The SMILES string of the molecule is COc1ccc(C(OCCCCN(CCCN(CCCCN(CCCN(CCCCOP(OCCC#N)N(C(C)C)C(C)C)C(=O)C(F)(F)F)C(=O)C(F)(F)F)C(=O)C(F)(F)F)C(=O)C(F)(F)F)(c2ccccc2)c2ccc(OC)cc2)cc1. The fourth-order valence-corrected chi connectivity index (χ4v) is 10.7. The predicted octanol–water partition coefficient (Wildman–Crippen LogP) is 12.0. The summed E-state index contributed by atoms with van der Waals surface area (Å²) in [5.74, 6) is -8.39. The van der Waals surface area contributed by atoms with Crippen molar-refractivity contribution in [3.05, 3.63) is 95.6 Å². The highest BCUT2D eigenvalue weighted by Gasteiger charge is 2.46. The number of alkyl halides is 12. The van der Waals surface area contributed by atoms with E-state index < -0.39 is 141 Å². The molecule has 0 aromatic heterocycles. The smallest absolute Gasteiger partial charge is 0.471 e. The number of hydrogen-bond donors (Lipinski definition) is 0. The van der Waals surface area contributed by atoms with Gasteiger partial charge in [-0.3, -0.25) is 19.2 Å². The van der Waals surface area contributed by atoms with E-state index in [0.29, 0.717) is 38.0 Å². The second kappa shape index (κ2) is 34.3. The van der Waals surface area contributed by atoms with Crippen LogP contribution >= 0.6 is 8.53 Å². The second-order valence-corrected chi connectivity index (χ2v) is 21.2. The minimum atomic E-state index is -5.52. The Labute approximate surface area is 483 Å². The first kappa shape index (κ1) is 72.3. The number of nitrogens with zero attached hydrogens (tertiary/aromatic N) is 6. The maximum absolute atomic E-state index is 13.9. The lowest BCUT2D eigenvalue weighted by molar-refractivity contribution is -0.187. The normalized spacial score (nSPS) is 12.8. The van der Waals surface area contributed by atoms with Crippen molar-refractivity contribution in [1.82, 2.24) is 24.3 Å². The maximum Gasteiger partial charge on any atom is 0.471 e. The van der Waals surface area contributed by atoms with Crippen molar-refractivity contribution < 1.29 is 95.1 Å². The number of amides is 4. The van der Waals surface area contributed by atoms with Gasteiger partial charge in [-0.15, -0.1) is 0 Å². The Kier molecular flexibility index (Phi) is 29.5. The summed E-state index contributed by atoms with van der Waals surface area (Å²) < 4.78 is 197. The largest absolute Gasteiger partial charge is 0.497 e. The van der Waals surface area contributed by atoms with Gasteiger partial charge in [-0.2, -0.15) is 57.9 Å². The lowest BCUT2D eigenvalue weighted by Gasteiger charge is -2.36. The first-order valence-corrected chi connectivity index (χ1v) is 28.2. The van der Waals surface area contributed by atoms with E-state index in [-0.39, 0.29) is 73.8 Å². The van der Waals surface area contributed by atoms with Gasteiger partial charge in [0, 0.05) is 71.0 Å². The van der Waals surface area contributed by atoms with Crippen molar-refractivity contribution in [2.45, 2.75) is 128 Å². The van der Waals surface area contributed by atoms with E-state index >= 15 is 0 Å². The van der Waals surface area contributed by atoms with E-state index in [1.54, 1.807) is 66.7 Å². The third-order valence-corrected chi connectivity index (χ3v) is 15.0. The van der Waals surface area contributed by atoms with E-state index in [1.807, 2.05) is 50.6 Å². The zero-order valence-corrected chi connectivity index (χ0v) is 48.5. The van der Waals surface area contributed by atoms with Crippen molar-refractivity contribution in [1.29, 1.82) is 5.26 Å². The molecule has 470 valence electrons. The Balaban J connectivity index is 1.70. The molecule has 0 radical (unpaired) electrons. The lowest BCUT2D eigenvalue weighted by atomic mass is 9.80. The molecule has 3 rings (SSSR count). The van der Waals surface area contributed by atoms with Crippen LogP contribution in [0, 0.1) is 11.3 Å². The van der Waals surface area contributed by atoms with Gasteiger partial charge in [0.05, 0.1) is 39.9 Å². The summed E-state index contributed by atoms with van der Waals surface area (Å²) in [5, 5.41) is 8.93. The Morgan fingerprint density at radius 3 is 1.08 bits per heavy atom.